The van der Waals surface area contributed by atoms with Gasteiger partial charge in [-0.05, 0) is 27.7 Å². The molecule has 4 atom stereocenters. The maximum Gasteiger partial charge on any atom is 0.395 e. The number of carbonyl (C=O) groups excluding carboxylic acids is 2. The third-order valence-electron chi connectivity index (χ3n) is 3.13. The topological polar surface area (TPSA) is 98.7 Å². The smallest absolute Gasteiger partial charge is 0.391 e. The average Bonchev–Trinajstić information content (AvgIpc) is 2.37. The van der Waals surface area contributed by atoms with Crippen molar-refractivity contribution in [1.29, 1.82) is 0 Å². The number of aliphatic hydroxyl groups is 2. The third kappa shape index (κ3) is 4.54. The highest BCUT2D eigenvalue weighted by Crippen LogP contribution is 2.35. The first-order valence-corrected chi connectivity index (χ1v) is 6.48. The Balaban J connectivity index is 5.14. The summed E-state index contributed by atoms with van der Waals surface area (Å²) in [6.07, 6.45) is -2.50. The number of halogens is 4. The minimum absolute atomic E-state index is 1.13. The van der Waals surface area contributed by atoms with Crippen molar-refractivity contribution in [2.75, 3.05) is 0 Å². The molecule has 0 radical (unpaired) electrons. The summed E-state index contributed by atoms with van der Waals surface area (Å²) in [5.41, 5.74) is 0. The zero-order valence-corrected chi connectivity index (χ0v) is 12.5. The second-order valence-corrected chi connectivity index (χ2v) is 5.15. The fraction of sp³-hybridized carbons (Fsp3) is 0.833. The molecule has 0 heterocycles. The second kappa shape index (κ2) is 7.23. The van der Waals surface area contributed by atoms with Gasteiger partial charge in [-0.3, -0.25) is 9.59 Å². The van der Waals surface area contributed by atoms with Gasteiger partial charge in [0.15, 0.2) is 0 Å². The summed E-state index contributed by atoms with van der Waals surface area (Å²) in [4.78, 5) is 22.5. The summed E-state index contributed by atoms with van der Waals surface area (Å²) >= 11 is 0. The summed E-state index contributed by atoms with van der Waals surface area (Å²) in [5.74, 6) is -15.4. The Labute approximate surface area is 124 Å². The van der Waals surface area contributed by atoms with Crippen LogP contribution in [0.15, 0.2) is 0 Å². The van der Waals surface area contributed by atoms with E-state index in [-0.39, 0.29) is 0 Å². The Bertz CT molecular complexity index is 378. The van der Waals surface area contributed by atoms with Crippen molar-refractivity contribution in [2.24, 2.45) is 0 Å². The van der Waals surface area contributed by atoms with E-state index in [1.165, 1.54) is 10.6 Å². The molecule has 0 aliphatic heterocycles. The highest BCUT2D eigenvalue weighted by Gasteiger charge is 2.67. The van der Waals surface area contributed by atoms with Crippen molar-refractivity contribution in [1.82, 2.24) is 10.6 Å². The molecule has 0 aromatic heterocycles. The van der Waals surface area contributed by atoms with Crippen LogP contribution in [0.5, 0.6) is 0 Å². The van der Waals surface area contributed by atoms with Crippen LogP contribution in [0, 0.1) is 0 Å². The van der Waals surface area contributed by atoms with E-state index >= 15 is 0 Å². The summed E-state index contributed by atoms with van der Waals surface area (Å²) in [7, 11) is 0. The van der Waals surface area contributed by atoms with Crippen LogP contribution in [0.1, 0.15) is 27.7 Å². The van der Waals surface area contributed by atoms with E-state index in [1.807, 2.05) is 0 Å². The normalized spacial score (nSPS) is 18.1. The molecule has 0 fully saturated rings. The number of rotatable bonds is 7. The standard InChI is InChI=1S/C12H20F4N2O4/c1-5(7(3)19)17-9(21)11(13,14)12(15,16)10(22)18-6(2)8(4)20/h5-8,19-20H,1-4H3,(H,17,21)(H,18,22)/t5-,6-,7-,8-/m0/s1. The highest BCUT2D eigenvalue weighted by atomic mass is 19.3. The number of carbonyl (C=O) groups is 2. The molecule has 0 aliphatic rings. The molecule has 130 valence electrons. The second-order valence-electron chi connectivity index (χ2n) is 5.15. The lowest BCUT2D eigenvalue weighted by atomic mass is 10.1. The largest absolute Gasteiger partial charge is 0.395 e. The monoisotopic (exact) mass is 332 g/mol. The van der Waals surface area contributed by atoms with E-state index < -0.39 is 48.0 Å². The van der Waals surface area contributed by atoms with Crippen LogP contribution in [-0.2, 0) is 9.59 Å². The van der Waals surface area contributed by atoms with E-state index in [0.29, 0.717) is 0 Å². The van der Waals surface area contributed by atoms with Crippen LogP contribution < -0.4 is 10.6 Å². The molecule has 0 saturated carbocycles. The van der Waals surface area contributed by atoms with E-state index in [9.17, 15) is 27.2 Å². The first-order chi connectivity index (χ1) is 9.75. The number of hydrogen-bond donors (Lipinski definition) is 4. The van der Waals surface area contributed by atoms with Gasteiger partial charge < -0.3 is 20.8 Å². The van der Waals surface area contributed by atoms with E-state index in [1.54, 1.807) is 0 Å². The van der Waals surface area contributed by atoms with Crippen molar-refractivity contribution in [2.45, 2.75) is 63.8 Å². The first-order valence-electron chi connectivity index (χ1n) is 6.48. The SMILES string of the molecule is C[C@H](O)[C@H](C)NC(=O)C(F)(F)C(F)(F)C(=O)N[C@@H](C)[C@H](C)O. The number of amides is 2. The maximum atomic E-state index is 13.6. The van der Waals surface area contributed by atoms with Gasteiger partial charge >= 0.3 is 11.8 Å². The molecule has 0 unspecified atom stereocenters. The van der Waals surface area contributed by atoms with Gasteiger partial charge in [0.2, 0.25) is 0 Å². The van der Waals surface area contributed by atoms with E-state index in [0.717, 1.165) is 27.7 Å². The molecule has 0 rings (SSSR count). The minimum Gasteiger partial charge on any atom is -0.391 e. The van der Waals surface area contributed by atoms with Gasteiger partial charge in [-0.1, -0.05) is 0 Å². The van der Waals surface area contributed by atoms with Gasteiger partial charge in [0, 0.05) is 0 Å². The molecule has 6 nitrogen and oxygen atoms in total. The fourth-order valence-corrected chi connectivity index (χ4v) is 1.12. The van der Waals surface area contributed by atoms with Crippen LogP contribution in [-0.4, -0.2) is 58.2 Å². The quantitative estimate of drug-likeness (QED) is 0.494. The van der Waals surface area contributed by atoms with E-state index in [2.05, 4.69) is 0 Å². The molecule has 0 aromatic carbocycles. The summed E-state index contributed by atoms with van der Waals surface area (Å²) in [5, 5.41) is 21.2. The summed E-state index contributed by atoms with van der Waals surface area (Å²) < 4.78 is 54.2. The number of hydrogen-bond acceptors (Lipinski definition) is 4. The molecule has 0 saturated heterocycles. The molecule has 4 N–H and O–H groups in total. The van der Waals surface area contributed by atoms with Gasteiger partial charge in [-0.15, -0.1) is 0 Å². The van der Waals surface area contributed by atoms with Gasteiger partial charge in [0.05, 0.1) is 24.3 Å². The number of aliphatic hydroxyl groups excluding tert-OH is 2. The highest BCUT2D eigenvalue weighted by molar-refractivity contribution is 5.95. The van der Waals surface area contributed by atoms with Gasteiger partial charge in [0.1, 0.15) is 0 Å². The Morgan fingerprint density at radius 2 is 1.00 bits per heavy atom. The Hall–Kier alpha value is -1.42. The molecule has 22 heavy (non-hydrogen) atoms. The van der Waals surface area contributed by atoms with Crippen LogP contribution >= 0.6 is 0 Å². The molecular formula is C12H20F4N2O4. The Morgan fingerprint density at radius 3 is 1.18 bits per heavy atom. The van der Waals surface area contributed by atoms with Gasteiger partial charge in [-0.25, -0.2) is 0 Å². The summed E-state index contributed by atoms with van der Waals surface area (Å²) in [6, 6.07) is -2.43. The lowest BCUT2D eigenvalue weighted by Crippen LogP contribution is -2.62. The van der Waals surface area contributed by atoms with Crippen molar-refractivity contribution < 1.29 is 37.4 Å². The van der Waals surface area contributed by atoms with Crippen molar-refractivity contribution in [3.05, 3.63) is 0 Å². The van der Waals surface area contributed by atoms with Crippen LogP contribution in [0.25, 0.3) is 0 Å². The zero-order valence-electron chi connectivity index (χ0n) is 12.5. The van der Waals surface area contributed by atoms with Crippen LogP contribution in [0.3, 0.4) is 0 Å². The van der Waals surface area contributed by atoms with Crippen LogP contribution in [0.2, 0.25) is 0 Å². The maximum absolute atomic E-state index is 13.6. The third-order valence-corrected chi connectivity index (χ3v) is 3.13. The molecule has 2 amide bonds. The predicted octanol–water partition coefficient (Wildman–Crippen LogP) is 0.0280. The first kappa shape index (κ1) is 20.6. The molecule has 10 heteroatoms. The van der Waals surface area contributed by atoms with Crippen molar-refractivity contribution in [3.8, 4) is 0 Å². The lowest BCUT2D eigenvalue weighted by Gasteiger charge is -2.28. The average molecular weight is 332 g/mol. The van der Waals surface area contributed by atoms with Crippen molar-refractivity contribution in [3.63, 3.8) is 0 Å². The van der Waals surface area contributed by atoms with Crippen molar-refractivity contribution >= 4 is 11.8 Å². The number of nitrogens with one attached hydrogen (secondary N) is 2. The van der Waals surface area contributed by atoms with Gasteiger partial charge in [-0.2, -0.15) is 17.6 Å². The summed E-state index contributed by atoms with van der Waals surface area (Å²) in [6.45, 7) is 4.59. The molecule has 0 aromatic rings. The minimum atomic E-state index is -5.32. The zero-order chi connectivity index (χ0) is 17.9. The van der Waals surface area contributed by atoms with E-state index in [4.69, 9.17) is 10.2 Å². The molecule has 0 spiro atoms. The Kier molecular flexibility index (Phi) is 6.76. The molecular weight excluding hydrogens is 312 g/mol. The molecule has 0 aliphatic carbocycles. The predicted molar refractivity (Wildman–Crippen MR) is 68.5 cm³/mol. The van der Waals surface area contributed by atoms with Gasteiger partial charge in [0.25, 0.3) is 11.8 Å². The lowest BCUT2D eigenvalue weighted by molar-refractivity contribution is -0.212. The fourth-order valence-electron chi connectivity index (χ4n) is 1.12. The van der Waals surface area contributed by atoms with Crippen LogP contribution in [0.4, 0.5) is 17.6 Å². The molecule has 0 bridgehead atoms. The number of alkyl halides is 4. The Morgan fingerprint density at radius 1 is 0.773 bits per heavy atom.